The average molecular weight is 300 g/mol. The number of aromatic nitrogens is 2. The highest BCUT2D eigenvalue weighted by molar-refractivity contribution is 5.12. The monoisotopic (exact) mass is 300 g/mol. The molecule has 1 aromatic heterocycles. The molecule has 0 radical (unpaired) electrons. The maximum atomic E-state index is 10.1. The molecule has 0 unspecified atom stereocenters. The van der Waals surface area contributed by atoms with Gasteiger partial charge in [-0.1, -0.05) is 0 Å². The molecule has 2 rings (SSSR count). The van der Waals surface area contributed by atoms with Crippen LogP contribution in [0.5, 0.6) is 6.01 Å². The van der Waals surface area contributed by atoms with Crippen LogP contribution in [-0.2, 0) is 9.47 Å². The van der Waals surface area contributed by atoms with Crippen molar-refractivity contribution in [2.75, 3.05) is 13.7 Å². The number of aryl methyl sites for hydroxylation is 2. The van der Waals surface area contributed by atoms with Crippen LogP contribution in [0, 0.1) is 13.8 Å². The molecule has 0 aliphatic carbocycles. The molecule has 0 bridgehead atoms. The van der Waals surface area contributed by atoms with Crippen molar-refractivity contribution in [2.45, 2.75) is 44.6 Å². The lowest BCUT2D eigenvalue weighted by Crippen LogP contribution is -2.61. The van der Waals surface area contributed by atoms with Gasteiger partial charge < -0.3 is 29.5 Å². The summed E-state index contributed by atoms with van der Waals surface area (Å²) >= 11 is 0. The standard InChI is InChI=1S/C13H20N2O6/c1-6-4-7(2)15-13(14-6)21-11-8(5-16)20-12(19-3)10(18)9(11)17/h4,8-12,16-18H,5H2,1-3H3/t8-,9-,10-,11-,12+/m1/s1. The Balaban J connectivity index is 2.19. The van der Waals surface area contributed by atoms with Crippen LogP contribution in [0.1, 0.15) is 11.4 Å². The number of hydrogen-bond acceptors (Lipinski definition) is 8. The van der Waals surface area contributed by atoms with E-state index in [0.717, 1.165) is 0 Å². The second-order valence-corrected chi connectivity index (χ2v) is 4.96. The van der Waals surface area contributed by atoms with Crippen LogP contribution < -0.4 is 4.74 Å². The molecule has 0 spiro atoms. The first-order valence-electron chi connectivity index (χ1n) is 6.60. The highest BCUT2D eigenvalue weighted by Crippen LogP contribution is 2.24. The third kappa shape index (κ3) is 3.47. The minimum atomic E-state index is -1.30. The second kappa shape index (κ2) is 6.63. The van der Waals surface area contributed by atoms with E-state index in [4.69, 9.17) is 14.2 Å². The largest absolute Gasteiger partial charge is 0.454 e. The summed E-state index contributed by atoms with van der Waals surface area (Å²) in [4.78, 5) is 8.20. The van der Waals surface area contributed by atoms with Crippen LogP contribution in [0.4, 0.5) is 0 Å². The third-order valence-corrected chi connectivity index (χ3v) is 3.26. The second-order valence-electron chi connectivity index (χ2n) is 4.96. The van der Waals surface area contributed by atoms with E-state index in [-0.39, 0.29) is 6.01 Å². The topological polar surface area (TPSA) is 114 Å². The van der Waals surface area contributed by atoms with Gasteiger partial charge in [0, 0.05) is 18.5 Å². The Morgan fingerprint density at radius 3 is 2.33 bits per heavy atom. The van der Waals surface area contributed by atoms with Crippen LogP contribution in [0.15, 0.2) is 6.07 Å². The van der Waals surface area contributed by atoms with Crippen LogP contribution >= 0.6 is 0 Å². The van der Waals surface area contributed by atoms with Crippen LogP contribution in [0.25, 0.3) is 0 Å². The Bertz CT molecular complexity index is 463. The predicted molar refractivity (Wildman–Crippen MR) is 70.7 cm³/mol. The highest BCUT2D eigenvalue weighted by Gasteiger charge is 2.46. The van der Waals surface area contributed by atoms with Crippen molar-refractivity contribution in [3.63, 3.8) is 0 Å². The van der Waals surface area contributed by atoms with Gasteiger partial charge in [-0.3, -0.25) is 0 Å². The van der Waals surface area contributed by atoms with Gasteiger partial charge in [0.15, 0.2) is 12.4 Å². The van der Waals surface area contributed by atoms with E-state index in [9.17, 15) is 15.3 Å². The van der Waals surface area contributed by atoms with Crippen molar-refractivity contribution in [3.05, 3.63) is 17.5 Å². The number of ether oxygens (including phenoxy) is 3. The van der Waals surface area contributed by atoms with Gasteiger partial charge >= 0.3 is 6.01 Å². The van der Waals surface area contributed by atoms with Gasteiger partial charge in [0.1, 0.15) is 18.3 Å². The number of rotatable bonds is 4. The van der Waals surface area contributed by atoms with Crippen molar-refractivity contribution < 1.29 is 29.5 Å². The van der Waals surface area contributed by atoms with Crippen molar-refractivity contribution >= 4 is 0 Å². The molecular weight excluding hydrogens is 280 g/mol. The summed E-state index contributed by atoms with van der Waals surface area (Å²) in [6.45, 7) is 3.17. The van der Waals surface area contributed by atoms with Crippen LogP contribution in [-0.4, -0.2) is 69.7 Å². The SMILES string of the molecule is CO[C@H]1O[C@H](CO)[C@@H](Oc2nc(C)cc(C)n2)[C@H](O)[C@H]1O. The van der Waals surface area contributed by atoms with Gasteiger partial charge in [-0.25, -0.2) is 9.97 Å². The van der Waals surface area contributed by atoms with E-state index in [0.29, 0.717) is 11.4 Å². The van der Waals surface area contributed by atoms with E-state index in [2.05, 4.69) is 9.97 Å². The zero-order chi connectivity index (χ0) is 15.6. The maximum absolute atomic E-state index is 10.1. The summed E-state index contributed by atoms with van der Waals surface area (Å²) in [6, 6.07) is 1.83. The molecule has 8 heteroatoms. The smallest absolute Gasteiger partial charge is 0.317 e. The summed E-state index contributed by atoms with van der Waals surface area (Å²) in [6.07, 6.45) is -5.49. The lowest BCUT2D eigenvalue weighted by molar-refractivity contribution is -0.290. The summed E-state index contributed by atoms with van der Waals surface area (Å²) in [5, 5.41) is 29.4. The van der Waals surface area contributed by atoms with E-state index in [1.807, 2.05) is 0 Å². The molecule has 118 valence electrons. The minimum absolute atomic E-state index is 0.0571. The number of aliphatic hydroxyl groups excluding tert-OH is 3. The molecule has 3 N–H and O–H groups in total. The Morgan fingerprint density at radius 1 is 1.19 bits per heavy atom. The fourth-order valence-electron chi connectivity index (χ4n) is 2.26. The van der Waals surface area contributed by atoms with E-state index >= 15 is 0 Å². The zero-order valence-corrected chi connectivity index (χ0v) is 12.1. The minimum Gasteiger partial charge on any atom is -0.454 e. The summed E-state index contributed by atoms with van der Waals surface area (Å²) in [5.41, 5.74) is 1.42. The fourth-order valence-corrected chi connectivity index (χ4v) is 2.26. The molecule has 1 aliphatic heterocycles. The number of hydrogen-bond donors (Lipinski definition) is 3. The van der Waals surface area contributed by atoms with Crippen molar-refractivity contribution in [1.29, 1.82) is 0 Å². The zero-order valence-electron chi connectivity index (χ0n) is 12.1. The number of nitrogens with zero attached hydrogens (tertiary/aromatic N) is 2. The van der Waals surface area contributed by atoms with Gasteiger partial charge in [0.05, 0.1) is 6.61 Å². The Hall–Kier alpha value is -1.32. The van der Waals surface area contributed by atoms with Gasteiger partial charge in [0.2, 0.25) is 0 Å². The molecule has 1 fully saturated rings. The molecule has 21 heavy (non-hydrogen) atoms. The van der Waals surface area contributed by atoms with Crippen molar-refractivity contribution in [3.8, 4) is 6.01 Å². The lowest BCUT2D eigenvalue weighted by Gasteiger charge is -2.40. The van der Waals surface area contributed by atoms with Gasteiger partial charge in [-0.05, 0) is 19.9 Å². The maximum Gasteiger partial charge on any atom is 0.317 e. The van der Waals surface area contributed by atoms with Gasteiger partial charge in [-0.15, -0.1) is 0 Å². The van der Waals surface area contributed by atoms with E-state index < -0.39 is 37.3 Å². The van der Waals surface area contributed by atoms with Gasteiger partial charge in [0.25, 0.3) is 0 Å². The summed E-state index contributed by atoms with van der Waals surface area (Å²) < 4.78 is 15.8. The van der Waals surface area contributed by atoms with Crippen LogP contribution in [0.3, 0.4) is 0 Å². The third-order valence-electron chi connectivity index (χ3n) is 3.26. The molecule has 1 saturated heterocycles. The van der Waals surface area contributed by atoms with Crippen LogP contribution in [0.2, 0.25) is 0 Å². The first kappa shape index (κ1) is 16.1. The summed E-state index contributed by atoms with van der Waals surface area (Å²) in [5.74, 6) is 0. The quantitative estimate of drug-likeness (QED) is 0.644. The normalized spacial score (nSPS) is 33.0. The van der Waals surface area contributed by atoms with Crippen molar-refractivity contribution in [2.24, 2.45) is 0 Å². The lowest BCUT2D eigenvalue weighted by atomic mass is 9.99. The highest BCUT2D eigenvalue weighted by atomic mass is 16.7. The Kier molecular flexibility index (Phi) is 5.07. The average Bonchev–Trinajstić information content (AvgIpc) is 2.43. The molecule has 1 aromatic rings. The number of methoxy groups -OCH3 is 1. The molecule has 5 atom stereocenters. The molecule has 1 aliphatic rings. The molecule has 2 heterocycles. The van der Waals surface area contributed by atoms with E-state index in [1.54, 1.807) is 19.9 Å². The Labute approximate surface area is 122 Å². The summed E-state index contributed by atoms with van der Waals surface area (Å²) in [7, 11) is 1.34. The van der Waals surface area contributed by atoms with E-state index in [1.165, 1.54) is 7.11 Å². The molecule has 8 nitrogen and oxygen atoms in total. The predicted octanol–water partition coefficient (Wildman–Crippen LogP) is -1.07. The first-order chi connectivity index (χ1) is 9.96. The first-order valence-corrected chi connectivity index (χ1v) is 6.60. The molecular formula is C13H20N2O6. The molecule has 0 amide bonds. The Morgan fingerprint density at radius 2 is 1.81 bits per heavy atom. The molecule has 0 saturated carbocycles. The number of aliphatic hydroxyl groups is 3. The molecule has 0 aromatic carbocycles. The van der Waals surface area contributed by atoms with Gasteiger partial charge in [-0.2, -0.15) is 0 Å². The van der Waals surface area contributed by atoms with Crippen molar-refractivity contribution in [1.82, 2.24) is 9.97 Å². The fraction of sp³-hybridized carbons (Fsp3) is 0.692.